The Bertz CT molecular complexity index is 170. The first-order valence-corrected chi connectivity index (χ1v) is 6.47. The molecule has 1 saturated heterocycles. The quantitative estimate of drug-likeness (QED) is 0.521. The zero-order valence-corrected chi connectivity index (χ0v) is 10.4. The lowest BCUT2D eigenvalue weighted by Gasteiger charge is -2.19. The molecule has 0 aromatic heterocycles. The van der Waals surface area contributed by atoms with Crippen molar-refractivity contribution in [3.8, 4) is 0 Å². The first-order chi connectivity index (χ1) is 7.68. The Labute approximate surface area is 98.6 Å². The minimum Gasteiger partial charge on any atom is -0.393 e. The maximum Gasteiger partial charge on any atom is 0.0791 e. The lowest BCUT2D eigenvalue weighted by molar-refractivity contribution is 0.123. The molecule has 4 nitrogen and oxygen atoms in total. The summed E-state index contributed by atoms with van der Waals surface area (Å²) >= 11 is 0. The third-order valence-corrected chi connectivity index (χ3v) is 3.02. The van der Waals surface area contributed by atoms with Crippen molar-refractivity contribution in [1.82, 2.24) is 10.2 Å². The Balaban J connectivity index is 1.91. The molecule has 0 bridgehead atoms. The van der Waals surface area contributed by atoms with Gasteiger partial charge in [0.05, 0.1) is 12.2 Å². The van der Waals surface area contributed by atoms with Crippen molar-refractivity contribution in [3.05, 3.63) is 0 Å². The maximum absolute atomic E-state index is 9.76. The lowest BCUT2D eigenvalue weighted by atomic mass is 10.2. The van der Waals surface area contributed by atoms with E-state index in [-0.39, 0.29) is 12.2 Å². The van der Waals surface area contributed by atoms with Gasteiger partial charge < -0.3 is 20.4 Å². The summed E-state index contributed by atoms with van der Waals surface area (Å²) in [5, 5.41) is 22.1. The van der Waals surface area contributed by atoms with Gasteiger partial charge in [-0.05, 0) is 52.2 Å². The van der Waals surface area contributed by atoms with Crippen LogP contribution in [0.1, 0.15) is 32.6 Å². The summed E-state index contributed by atoms with van der Waals surface area (Å²) in [5.74, 6) is 0. The summed E-state index contributed by atoms with van der Waals surface area (Å²) in [5.41, 5.74) is 0. The molecule has 4 heteroatoms. The molecule has 1 rings (SSSR count). The average molecular weight is 230 g/mol. The van der Waals surface area contributed by atoms with Crippen LogP contribution in [-0.4, -0.2) is 60.0 Å². The summed E-state index contributed by atoms with van der Waals surface area (Å²) in [6, 6.07) is 0. The fourth-order valence-corrected chi connectivity index (χ4v) is 2.12. The molecule has 0 radical (unpaired) electrons. The van der Waals surface area contributed by atoms with E-state index in [9.17, 15) is 5.11 Å². The Kier molecular flexibility index (Phi) is 6.96. The topological polar surface area (TPSA) is 55.7 Å². The zero-order valence-electron chi connectivity index (χ0n) is 10.4. The molecule has 96 valence electrons. The van der Waals surface area contributed by atoms with Crippen molar-refractivity contribution < 1.29 is 10.2 Å². The molecule has 0 aromatic carbocycles. The predicted molar refractivity (Wildman–Crippen MR) is 65.5 cm³/mol. The highest BCUT2D eigenvalue weighted by Crippen LogP contribution is 2.07. The molecule has 0 amide bonds. The van der Waals surface area contributed by atoms with Gasteiger partial charge in [0.25, 0.3) is 0 Å². The highest BCUT2D eigenvalue weighted by Gasteiger charge is 2.15. The molecule has 1 fully saturated rings. The minimum absolute atomic E-state index is 0.212. The maximum atomic E-state index is 9.76. The van der Waals surface area contributed by atoms with E-state index < -0.39 is 0 Å². The number of hydrogen-bond donors (Lipinski definition) is 3. The molecule has 0 spiro atoms. The van der Waals surface area contributed by atoms with Crippen LogP contribution in [0.3, 0.4) is 0 Å². The Morgan fingerprint density at radius 3 is 2.56 bits per heavy atom. The van der Waals surface area contributed by atoms with Crippen molar-refractivity contribution in [2.24, 2.45) is 0 Å². The van der Waals surface area contributed by atoms with Crippen LogP contribution < -0.4 is 5.32 Å². The van der Waals surface area contributed by atoms with Gasteiger partial charge in [0, 0.05) is 13.1 Å². The van der Waals surface area contributed by atoms with Gasteiger partial charge in [-0.25, -0.2) is 0 Å². The van der Waals surface area contributed by atoms with E-state index in [4.69, 9.17) is 5.11 Å². The van der Waals surface area contributed by atoms with Crippen molar-refractivity contribution >= 4 is 0 Å². The number of nitrogens with one attached hydrogen (secondary N) is 1. The third kappa shape index (κ3) is 6.43. The van der Waals surface area contributed by atoms with Crippen molar-refractivity contribution in [1.29, 1.82) is 0 Å². The van der Waals surface area contributed by atoms with Crippen LogP contribution in [0.2, 0.25) is 0 Å². The van der Waals surface area contributed by atoms with E-state index in [1.165, 1.54) is 12.8 Å². The van der Waals surface area contributed by atoms with Gasteiger partial charge in [-0.15, -0.1) is 0 Å². The highest BCUT2D eigenvalue weighted by atomic mass is 16.3. The van der Waals surface area contributed by atoms with E-state index in [2.05, 4.69) is 10.2 Å². The molecule has 0 aliphatic carbocycles. The molecule has 0 aromatic rings. The zero-order chi connectivity index (χ0) is 11.8. The van der Waals surface area contributed by atoms with Crippen LogP contribution in [0.4, 0.5) is 0 Å². The number of nitrogens with zero attached hydrogens (tertiary/aromatic N) is 1. The smallest absolute Gasteiger partial charge is 0.0791 e. The molecule has 2 atom stereocenters. The van der Waals surface area contributed by atoms with E-state index >= 15 is 0 Å². The number of aliphatic hydroxyl groups excluding tert-OH is 2. The molecule has 16 heavy (non-hydrogen) atoms. The SMILES string of the molecule is CC(O)CCCNCC(O)CN1CCCC1. The predicted octanol–water partition coefficient (Wildman–Crippen LogP) is 0.194. The average Bonchev–Trinajstić information content (AvgIpc) is 2.69. The Morgan fingerprint density at radius 2 is 1.94 bits per heavy atom. The molecule has 2 unspecified atom stereocenters. The number of aliphatic hydroxyl groups is 2. The first kappa shape index (κ1) is 13.9. The van der Waals surface area contributed by atoms with E-state index in [1.807, 2.05) is 6.92 Å². The summed E-state index contributed by atoms with van der Waals surface area (Å²) in [6.45, 7) is 6.42. The summed E-state index contributed by atoms with van der Waals surface area (Å²) < 4.78 is 0. The summed E-state index contributed by atoms with van der Waals surface area (Å²) in [6.07, 6.45) is 3.87. The monoisotopic (exact) mass is 230 g/mol. The molecule has 1 aliphatic heterocycles. The molecular weight excluding hydrogens is 204 g/mol. The molecule has 0 saturated carbocycles. The Morgan fingerprint density at radius 1 is 1.25 bits per heavy atom. The number of β-amino-alcohol motifs (C(OH)–C–C–N with tert-alkyl or cyclic N) is 1. The molecule has 1 heterocycles. The largest absolute Gasteiger partial charge is 0.393 e. The van der Waals surface area contributed by atoms with E-state index in [0.29, 0.717) is 6.54 Å². The standard InChI is InChI=1S/C12H26N2O2/c1-11(15)5-4-6-13-9-12(16)10-14-7-2-3-8-14/h11-13,15-16H,2-10H2,1H3. The molecular formula is C12H26N2O2. The van der Waals surface area contributed by atoms with Gasteiger partial charge in [-0.3, -0.25) is 0 Å². The fourth-order valence-electron chi connectivity index (χ4n) is 2.12. The summed E-state index contributed by atoms with van der Waals surface area (Å²) in [4.78, 5) is 2.32. The van der Waals surface area contributed by atoms with E-state index in [1.54, 1.807) is 0 Å². The lowest BCUT2D eigenvalue weighted by Crippen LogP contribution is -2.37. The first-order valence-electron chi connectivity index (χ1n) is 6.47. The van der Waals surface area contributed by atoms with Crippen LogP contribution >= 0.6 is 0 Å². The Hall–Kier alpha value is -0.160. The van der Waals surface area contributed by atoms with Gasteiger partial charge in [0.15, 0.2) is 0 Å². The van der Waals surface area contributed by atoms with Crippen LogP contribution in [0.25, 0.3) is 0 Å². The van der Waals surface area contributed by atoms with Gasteiger partial charge >= 0.3 is 0 Å². The second kappa shape index (κ2) is 8.01. The number of hydrogen-bond acceptors (Lipinski definition) is 4. The van der Waals surface area contributed by atoms with Crippen molar-refractivity contribution in [2.45, 2.75) is 44.8 Å². The van der Waals surface area contributed by atoms with Crippen LogP contribution in [0.15, 0.2) is 0 Å². The van der Waals surface area contributed by atoms with Gasteiger partial charge in [-0.1, -0.05) is 0 Å². The normalized spacial score (nSPS) is 21.2. The summed E-state index contributed by atoms with van der Waals surface area (Å²) in [7, 11) is 0. The molecule has 1 aliphatic rings. The van der Waals surface area contributed by atoms with Crippen molar-refractivity contribution in [3.63, 3.8) is 0 Å². The van der Waals surface area contributed by atoms with Crippen LogP contribution in [-0.2, 0) is 0 Å². The second-order valence-corrected chi connectivity index (χ2v) is 4.86. The highest BCUT2D eigenvalue weighted by molar-refractivity contribution is 4.71. The van der Waals surface area contributed by atoms with Crippen molar-refractivity contribution in [2.75, 3.05) is 32.7 Å². The van der Waals surface area contributed by atoms with Gasteiger partial charge in [0.2, 0.25) is 0 Å². The number of rotatable bonds is 8. The fraction of sp³-hybridized carbons (Fsp3) is 1.00. The van der Waals surface area contributed by atoms with Crippen LogP contribution in [0, 0.1) is 0 Å². The number of likely N-dealkylation sites (tertiary alicyclic amines) is 1. The van der Waals surface area contributed by atoms with Crippen LogP contribution in [0.5, 0.6) is 0 Å². The van der Waals surface area contributed by atoms with Gasteiger partial charge in [0.1, 0.15) is 0 Å². The van der Waals surface area contributed by atoms with E-state index in [0.717, 1.165) is 39.0 Å². The van der Waals surface area contributed by atoms with Gasteiger partial charge in [-0.2, -0.15) is 0 Å². The molecule has 3 N–H and O–H groups in total. The minimum atomic E-state index is -0.260. The second-order valence-electron chi connectivity index (χ2n) is 4.86. The third-order valence-electron chi connectivity index (χ3n) is 3.02.